The van der Waals surface area contributed by atoms with Gasteiger partial charge in [0.05, 0.1) is 10.6 Å². The molecule has 21 heavy (non-hydrogen) atoms. The fraction of sp³-hybridized carbons (Fsp3) is 0.143. The highest BCUT2D eigenvalue weighted by atomic mass is 79.9. The number of nitrogen functional groups attached to an aromatic ring is 1. The van der Waals surface area contributed by atoms with Crippen LogP contribution in [-0.2, 0) is 10.0 Å². The van der Waals surface area contributed by atoms with Crippen LogP contribution in [-0.4, -0.2) is 8.42 Å². The van der Waals surface area contributed by atoms with E-state index in [1.165, 1.54) is 6.07 Å². The smallest absolute Gasteiger partial charge is 0.262 e. The van der Waals surface area contributed by atoms with Crippen molar-refractivity contribution in [1.29, 1.82) is 0 Å². The summed E-state index contributed by atoms with van der Waals surface area (Å²) >= 11 is 3.35. The second kappa shape index (κ2) is 5.65. The van der Waals surface area contributed by atoms with Gasteiger partial charge in [0, 0.05) is 10.2 Å². The first-order valence-electron chi connectivity index (χ1n) is 6.04. The zero-order valence-corrected chi connectivity index (χ0v) is 13.8. The van der Waals surface area contributed by atoms with E-state index >= 15 is 0 Å². The summed E-state index contributed by atoms with van der Waals surface area (Å²) in [6, 6.07) is 6.81. The number of nitrogens with one attached hydrogen (secondary N) is 1. The molecular formula is C14H14BrFN2O2S. The molecule has 2 aromatic carbocycles. The van der Waals surface area contributed by atoms with Gasteiger partial charge in [-0.15, -0.1) is 0 Å². The highest BCUT2D eigenvalue weighted by molar-refractivity contribution is 9.10. The van der Waals surface area contributed by atoms with E-state index in [0.717, 1.165) is 27.7 Å². The monoisotopic (exact) mass is 372 g/mol. The first-order valence-corrected chi connectivity index (χ1v) is 8.32. The molecule has 0 saturated heterocycles. The maximum absolute atomic E-state index is 13.3. The summed E-state index contributed by atoms with van der Waals surface area (Å²) in [7, 11) is -3.90. The molecule has 0 aliphatic carbocycles. The molecular weight excluding hydrogens is 359 g/mol. The van der Waals surface area contributed by atoms with Gasteiger partial charge in [0.1, 0.15) is 5.82 Å². The summed E-state index contributed by atoms with van der Waals surface area (Å²) in [4.78, 5) is -0.207. The zero-order valence-electron chi connectivity index (χ0n) is 11.4. The summed E-state index contributed by atoms with van der Waals surface area (Å²) in [5.74, 6) is -0.695. The average Bonchev–Trinajstić information content (AvgIpc) is 2.32. The molecule has 0 heterocycles. The highest BCUT2D eigenvalue weighted by Gasteiger charge is 2.18. The Hall–Kier alpha value is -1.60. The van der Waals surface area contributed by atoms with Crippen LogP contribution in [0.4, 0.5) is 15.8 Å². The lowest BCUT2D eigenvalue weighted by atomic mass is 10.1. The molecule has 0 aliphatic rings. The highest BCUT2D eigenvalue weighted by Crippen LogP contribution is 2.28. The number of sulfonamides is 1. The van der Waals surface area contributed by atoms with Crippen LogP contribution >= 0.6 is 15.9 Å². The van der Waals surface area contributed by atoms with Gasteiger partial charge < -0.3 is 5.73 Å². The topological polar surface area (TPSA) is 72.2 Å². The van der Waals surface area contributed by atoms with E-state index < -0.39 is 15.8 Å². The zero-order chi connectivity index (χ0) is 15.8. The third-order valence-corrected chi connectivity index (χ3v) is 4.72. The standard InChI is InChI=1S/C14H14BrFN2O2S/c1-8-3-10(15)4-9(2)14(8)18-21(19,20)13-6-11(16)5-12(17)7-13/h3-7,18H,17H2,1-2H3. The van der Waals surface area contributed by atoms with Crippen molar-refractivity contribution in [3.05, 3.63) is 51.7 Å². The molecule has 0 spiro atoms. The predicted octanol–water partition coefficient (Wildman–Crippen LogP) is 3.59. The fourth-order valence-corrected chi connectivity index (χ4v) is 3.96. The predicted molar refractivity (Wildman–Crippen MR) is 85.2 cm³/mol. The lowest BCUT2D eigenvalue weighted by molar-refractivity contribution is 0.595. The first kappa shape index (κ1) is 15.8. The summed E-state index contributed by atoms with van der Waals surface area (Å²) in [5.41, 5.74) is 7.54. The quantitative estimate of drug-likeness (QED) is 0.808. The molecule has 0 bridgehead atoms. The lowest BCUT2D eigenvalue weighted by Crippen LogP contribution is -2.15. The van der Waals surface area contributed by atoms with Crippen molar-refractivity contribution >= 4 is 37.3 Å². The lowest BCUT2D eigenvalue weighted by Gasteiger charge is -2.14. The molecule has 0 amide bonds. The van der Waals surface area contributed by atoms with Crippen LogP contribution in [0.5, 0.6) is 0 Å². The van der Waals surface area contributed by atoms with Crippen molar-refractivity contribution in [3.63, 3.8) is 0 Å². The van der Waals surface area contributed by atoms with Gasteiger partial charge in [0.2, 0.25) is 0 Å². The molecule has 3 N–H and O–H groups in total. The second-order valence-electron chi connectivity index (χ2n) is 4.74. The second-order valence-corrected chi connectivity index (χ2v) is 7.34. The van der Waals surface area contributed by atoms with Gasteiger partial charge in [-0.1, -0.05) is 15.9 Å². The van der Waals surface area contributed by atoms with Gasteiger partial charge in [-0.25, -0.2) is 12.8 Å². The summed E-state index contributed by atoms with van der Waals surface area (Å²) in [6.45, 7) is 3.57. The van der Waals surface area contributed by atoms with E-state index in [1.807, 2.05) is 0 Å². The van der Waals surface area contributed by atoms with Crippen LogP contribution in [0.3, 0.4) is 0 Å². The molecule has 0 unspecified atom stereocenters. The average molecular weight is 373 g/mol. The number of benzene rings is 2. The van der Waals surface area contributed by atoms with E-state index in [0.29, 0.717) is 5.69 Å². The molecule has 112 valence electrons. The largest absolute Gasteiger partial charge is 0.399 e. The number of hydrogen-bond acceptors (Lipinski definition) is 3. The third kappa shape index (κ3) is 3.54. The van der Waals surface area contributed by atoms with Gasteiger partial charge in [0.25, 0.3) is 10.0 Å². The number of rotatable bonds is 3. The van der Waals surface area contributed by atoms with Gasteiger partial charge in [-0.3, -0.25) is 4.72 Å². The van der Waals surface area contributed by atoms with Crippen LogP contribution in [0.25, 0.3) is 0 Å². The Bertz CT molecular complexity index is 763. The molecule has 0 radical (unpaired) electrons. The molecule has 7 heteroatoms. The molecule has 0 saturated carbocycles. The molecule has 4 nitrogen and oxygen atoms in total. The maximum Gasteiger partial charge on any atom is 0.262 e. The molecule has 0 atom stereocenters. The number of halogens is 2. The van der Waals surface area contributed by atoms with Crippen LogP contribution in [0, 0.1) is 19.7 Å². The van der Waals surface area contributed by atoms with E-state index in [9.17, 15) is 12.8 Å². The fourth-order valence-electron chi connectivity index (χ4n) is 2.00. The van der Waals surface area contributed by atoms with Crippen molar-refractivity contribution in [2.45, 2.75) is 18.7 Å². The van der Waals surface area contributed by atoms with Crippen molar-refractivity contribution in [3.8, 4) is 0 Å². The first-order chi connectivity index (χ1) is 9.69. The van der Waals surface area contributed by atoms with Crippen molar-refractivity contribution in [2.24, 2.45) is 0 Å². The normalized spacial score (nSPS) is 11.4. The number of hydrogen-bond donors (Lipinski definition) is 2. The number of nitrogens with two attached hydrogens (primary N) is 1. The Balaban J connectivity index is 2.47. The van der Waals surface area contributed by atoms with Gasteiger partial charge >= 0.3 is 0 Å². The number of anilines is 2. The van der Waals surface area contributed by atoms with Crippen LogP contribution in [0.1, 0.15) is 11.1 Å². The Morgan fingerprint density at radius 1 is 1.10 bits per heavy atom. The SMILES string of the molecule is Cc1cc(Br)cc(C)c1NS(=O)(=O)c1cc(N)cc(F)c1. The summed E-state index contributed by atoms with van der Waals surface area (Å²) in [5, 5.41) is 0. The molecule has 2 aromatic rings. The van der Waals surface area contributed by atoms with Crippen LogP contribution in [0.15, 0.2) is 39.7 Å². The van der Waals surface area contributed by atoms with Crippen LogP contribution < -0.4 is 10.5 Å². The Kier molecular flexibility index (Phi) is 4.25. The minimum Gasteiger partial charge on any atom is -0.399 e. The van der Waals surface area contributed by atoms with E-state index in [-0.39, 0.29) is 10.6 Å². The van der Waals surface area contributed by atoms with E-state index in [1.54, 1.807) is 26.0 Å². The minimum atomic E-state index is -3.90. The van der Waals surface area contributed by atoms with Crippen molar-refractivity contribution < 1.29 is 12.8 Å². The van der Waals surface area contributed by atoms with E-state index in [2.05, 4.69) is 20.7 Å². The Labute approximate surface area is 131 Å². The number of aryl methyl sites for hydroxylation is 2. The maximum atomic E-state index is 13.3. The van der Waals surface area contributed by atoms with Gasteiger partial charge in [-0.2, -0.15) is 0 Å². The molecule has 0 fully saturated rings. The Morgan fingerprint density at radius 2 is 1.67 bits per heavy atom. The molecule has 0 aliphatic heterocycles. The van der Waals surface area contributed by atoms with Gasteiger partial charge in [-0.05, 0) is 55.3 Å². The van der Waals surface area contributed by atoms with Crippen LogP contribution in [0.2, 0.25) is 0 Å². The van der Waals surface area contributed by atoms with E-state index in [4.69, 9.17) is 5.73 Å². The third-order valence-electron chi connectivity index (χ3n) is 2.94. The van der Waals surface area contributed by atoms with Gasteiger partial charge in [0.15, 0.2) is 0 Å². The van der Waals surface area contributed by atoms with Crippen molar-refractivity contribution in [2.75, 3.05) is 10.5 Å². The van der Waals surface area contributed by atoms with Crippen molar-refractivity contribution in [1.82, 2.24) is 0 Å². The summed E-state index contributed by atoms with van der Waals surface area (Å²) in [6.07, 6.45) is 0. The summed E-state index contributed by atoms with van der Waals surface area (Å²) < 4.78 is 41.4. The molecule has 2 rings (SSSR count). The molecule has 0 aromatic heterocycles. The Morgan fingerprint density at radius 3 is 2.19 bits per heavy atom. The minimum absolute atomic E-state index is 0.0552.